The van der Waals surface area contributed by atoms with Crippen LogP contribution >= 0.6 is 0 Å². The second-order valence-corrected chi connectivity index (χ2v) is 6.65. The summed E-state index contributed by atoms with van der Waals surface area (Å²) in [5.74, 6) is -0.0726. The standard InChI is InChI=1S/C19H36O3/c1-3-4-14-17-18(22-17)15-12-10-8-6-5-7-9-11-13-16-19(20)21-2/h17-18H,3-16H2,1-2H3/t17-,18+/m1/s1. The van der Waals surface area contributed by atoms with Crippen molar-refractivity contribution in [3.05, 3.63) is 0 Å². The van der Waals surface area contributed by atoms with Crippen molar-refractivity contribution in [1.82, 2.24) is 0 Å². The molecule has 0 unspecified atom stereocenters. The lowest BCUT2D eigenvalue weighted by Crippen LogP contribution is -1.99. The van der Waals surface area contributed by atoms with Gasteiger partial charge in [0.15, 0.2) is 0 Å². The predicted octanol–water partition coefficient (Wildman–Crippen LogP) is 5.41. The van der Waals surface area contributed by atoms with Crippen LogP contribution < -0.4 is 0 Å². The zero-order valence-electron chi connectivity index (χ0n) is 14.8. The minimum Gasteiger partial charge on any atom is -0.469 e. The Morgan fingerprint density at radius 3 is 1.86 bits per heavy atom. The molecule has 1 aliphatic rings. The van der Waals surface area contributed by atoms with Crippen molar-refractivity contribution in [3.63, 3.8) is 0 Å². The molecule has 0 amide bonds. The fourth-order valence-corrected chi connectivity index (χ4v) is 3.05. The van der Waals surface area contributed by atoms with Crippen LogP contribution in [0.2, 0.25) is 0 Å². The van der Waals surface area contributed by atoms with Crippen LogP contribution in [0, 0.1) is 0 Å². The molecule has 1 saturated heterocycles. The molecule has 0 aromatic rings. The summed E-state index contributed by atoms with van der Waals surface area (Å²) in [7, 11) is 1.46. The molecule has 3 nitrogen and oxygen atoms in total. The van der Waals surface area contributed by atoms with Crippen LogP contribution in [0.15, 0.2) is 0 Å². The van der Waals surface area contributed by atoms with E-state index in [0.717, 1.165) is 12.8 Å². The highest BCUT2D eigenvalue weighted by Gasteiger charge is 2.36. The lowest BCUT2D eigenvalue weighted by atomic mass is 10.0. The third-order valence-corrected chi connectivity index (χ3v) is 4.63. The maximum Gasteiger partial charge on any atom is 0.305 e. The van der Waals surface area contributed by atoms with Gasteiger partial charge in [0.2, 0.25) is 0 Å². The maximum atomic E-state index is 10.9. The van der Waals surface area contributed by atoms with Gasteiger partial charge in [-0.25, -0.2) is 0 Å². The van der Waals surface area contributed by atoms with Crippen molar-refractivity contribution in [2.45, 2.75) is 109 Å². The number of ether oxygens (including phenoxy) is 2. The van der Waals surface area contributed by atoms with E-state index >= 15 is 0 Å². The smallest absolute Gasteiger partial charge is 0.305 e. The number of hydrogen-bond acceptors (Lipinski definition) is 3. The number of unbranched alkanes of at least 4 members (excludes halogenated alkanes) is 9. The van der Waals surface area contributed by atoms with E-state index in [1.54, 1.807) is 0 Å². The van der Waals surface area contributed by atoms with E-state index in [1.165, 1.54) is 77.7 Å². The summed E-state index contributed by atoms with van der Waals surface area (Å²) < 4.78 is 10.3. The van der Waals surface area contributed by atoms with Crippen LogP contribution in [0.5, 0.6) is 0 Å². The van der Waals surface area contributed by atoms with Crippen molar-refractivity contribution in [2.24, 2.45) is 0 Å². The third-order valence-electron chi connectivity index (χ3n) is 4.63. The molecule has 130 valence electrons. The molecule has 1 rings (SSSR count). The van der Waals surface area contributed by atoms with Crippen molar-refractivity contribution in [1.29, 1.82) is 0 Å². The van der Waals surface area contributed by atoms with Crippen molar-refractivity contribution < 1.29 is 14.3 Å². The Morgan fingerprint density at radius 1 is 0.818 bits per heavy atom. The van der Waals surface area contributed by atoms with Crippen LogP contribution in [-0.4, -0.2) is 25.3 Å². The Morgan fingerprint density at radius 2 is 1.32 bits per heavy atom. The van der Waals surface area contributed by atoms with Gasteiger partial charge in [0.1, 0.15) is 0 Å². The van der Waals surface area contributed by atoms with Crippen molar-refractivity contribution >= 4 is 5.97 Å². The molecule has 1 aliphatic heterocycles. The summed E-state index contributed by atoms with van der Waals surface area (Å²) in [5, 5.41) is 0. The van der Waals surface area contributed by atoms with Gasteiger partial charge in [-0.05, 0) is 19.3 Å². The second kappa shape index (κ2) is 12.9. The Hall–Kier alpha value is -0.570. The Kier molecular flexibility index (Phi) is 11.4. The molecule has 0 radical (unpaired) electrons. The first-order chi connectivity index (χ1) is 10.8. The SMILES string of the molecule is CCCC[C@H]1O[C@H]1CCCCCCCCCCCC(=O)OC. The number of epoxide rings is 1. The fourth-order valence-electron chi connectivity index (χ4n) is 3.05. The van der Waals surface area contributed by atoms with Gasteiger partial charge in [0.05, 0.1) is 19.3 Å². The molecule has 0 bridgehead atoms. The van der Waals surface area contributed by atoms with Crippen LogP contribution in [-0.2, 0) is 14.3 Å². The van der Waals surface area contributed by atoms with E-state index in [-0.39, 0.29) is 5.97 Å². The summed E-state index contributed by atoms with van der Waals surface area (Å²) >= 11 is 0. The van der Waals surface area contributed by atoms with E-state index in [2.05, 4.69) is 11.7 Å². The van der Waals surface area contributed by atoms with Crippen LogP contribution in [0.1, 0.15) is 96.8 Å². The quantitative estimate of drug-likeness (QED) is 0.230. The van der Waals surface area contributed by atoms with Gasteiger partial charge in [-0.15, -0.1) is 0 Å². The van der Waals surface area contributed by atoms with Crippen LogP contribution in [0.25, 0.3) is 0 Å². The number of esters is 1. The van der Waals surface area contributed by atoms with Gasteiger partial charge in [0.25, 0.3) is 0 Å². The largest absolute Gasteiger partial charge is 0.469 e. The topological polar surface area (TPSA) is 38.8 Å². The summed E-state index contributed by atoms with van der Waals surface area (Å²) in [6.07, 6.45) is 18.4. The molecule has 2 atom stereocenters. The van der Waals surface area contributed by atoms with Crippen LogP contribution in [0.3, 0.4) is 0 Å². The van der Waals surface area contributed by atoms with E-state index in [9.17, 15) is 4.79 Å². The van der Waals surface area contributed by atoms with Gasteiger partial charge < -0.3 is 9.47 Å². The molecule has 1 fully saturated rings. The second-order valence-electron chi connectivity index (χ2n) is 6.65. The summed E-state index contributed by atoms with van der Waals surface area (Å²) in [6, 6.07) is 0. The average Bonchev–Trinajstić information content (AvgIpc) is 3.28. The minimum atomic E-state index is -0.0726. The average molecular weight is 312 g/mol. The summed E-state index contributed by atoms with van der Waals surface area (Å²) in [4.78, 5) is 10.9. The van der Waals surface area contributed by atoms with E-state index in [1.807, 2.05) is 0 Å². The predicted molar refractivity (Wildman–Crippen MR) is 91.0 cm³/mol. The molecule has 0 aliphatic carbocycles. The molecular weight excluding hydrogens is 276 g/mol. The molecule has 0 aromatic carbocycles. The number of carbonyl (C=O) groups excluding carboxylic acids is 1. The van der Waals surface area contributed by atoms with Gasteiger partial charge in [-0.3, -0.25) is 4.79 Å². The number of rotatable bonds is 15. The van der Waals surface area contributed by atoms with Gasteiger partial charge in [-0.2, -0.15) is 0 Å². The Labute approximate surface area is 137 Å². The first kappa shape index (κ1) is 19.5. The molecule has 22 heavy (non-hydrogen) atoms. The fraction of sp³-hybridized carbons (Fsp3) is 0.947. The van der Waals surface area contributed by atoms with Gasteiger partial charge >= 0.3 is 5.97 Å². The van der Waals surface area contributed by atoms with E-state index in [4.69, 9.17) is 4.74 Å². The monoisotopic (exact) mass is 312 g/mol. The van der Waals surface area contributed by atoms with Crippen molar-refractivity contribution in [3.8, 4) is 0 Å². The van der Waals surface area contributed by atoms with E-state index in [0.29, 0.717) is 18.6 Å². The molecule has 1 heterocycles. The summed E-state index contributed by atoms with van der Waals surface area (Å²) in [6.45, 7) is 2.25. The first-order valence-corrected chi connectivity index (χ1v) is 9.50. The number of carbonyl (C=O) groups is 1. The molecule has 3 heteroatoms. The first-order valence-electron chi connectivity index (χ1n) is 9.50. The lowest BCUT2D eigenvalue weighted by molar-refractivity contribution is -0.140. The third kappa shape index (κ3) is 10.2. The molecule has 0 saturated carbocycles. The molecular formula is C19H36O3. The zero-order chi connectivity index (χ0) is 16.0. The normalized spacial score (nSPS) is 20.1. The van der Waals surface area contributed by atoms with Gasteiger partial charge in [-0.1, -0.05) is 71.1 Å². The lowest BCUT2D eigenvalue weighted by Gasteiger charge is -2.02. The Balaban J connectivity index is 1.71. The molecule has 0 spiro atoms. The maximum absolute atomic E-state index is 10.9. The molecule has 0 aromatic heterocycles. The highest BCUT2D eigenvalue weighted by atomic mass is 16.6. The molecule has 0 N–H and O–H groups in total. The highest BCUT2D eigenvalue weighted by molar-refractivity contribution is 5.68. The zero-order valence-corrected chi connectivity index (χ0v) is 14.8. The van der Waals surface area contributed by atoms with E-state index < -0.39 is 0 Å². The Bertz CT molecular complexity index is 278. The number of methoxy groups -OCH3 is 1. The van der Waals surface area contributed by atoms with Crippen LogP contribution in [0.4, 0.5) is 0 Å². The van der Waals surface area contributed by atoms with Crippen molar-refractivity contribution in [2.75, 3.05) is 7.11 Å². The highest BCUT2D eigenvalue weighted by Crippen LogP contribution is 2.31. The van der Waals surface area contributed by atoms with Gasteiger partial charge in [0, 0.05) is 6.42 Å². The minimum absolute atomic E-state index is 0.0726. The summed E-state index contributed by atoms with van der Waals surface area (Å²) in [5.41, 5.74) is 0. The number of hydrogen-bond donors (Lipinski definition) is 0.